The smallest absolute Gasteiger partial charge is 0.313 e. The summed E-state index contributed by atoms with van der Waals surface area (Å²) in [7, 11) is 0. The van der Waals surface area contributed by atoms with Gasteiger partial charge in [-0.1, -0.05) is 12.1 Å². The number of anilines is 1. The van der Waals surface area contributed by atoms with Gasteiger partial charge in [-0.15, -0.1) is 11.8 Å². The standard InChI is InChI=1S/C14H15N3O3S/c18-13(9-21-10-14(19)20)16-12-4-2-11(3-5-12)8-17-7-1-6-15-17/h1-7H,8-10H2,(H,16,18)(H,19,20). The van der Waals surface area contributed by atoms with Crippen LogP contribution < -0.4 is 5.32 Å². The maximum atomic E-state index is 11.6. The molecule has 1 aromatic heterocycles. The molecular formula is C14H15N3O3S. The van der Waals surface area contributed by atoms with Crippen LogP contribution in [0.3, 0.4) is 0 Å². The normalized spacial score (nSPS) is 10.3. The predicted molar refractivity (Wildman–Crippen MR) is 81.4 cm³/mol. The number of hydrogen-bond donors (Lipinski definition) is 2. The van der Waals surface area contributed by atoms with Crippen molar-refractivity contribution in [2.75, 3.05) is 16.8 Å². The van der Waals surface area contributed by atoms with Gasteiger partial charge >= 0.3 is 5.97 Å². The molecule has 1 heterocycles. The molecule has 7 heteroatoms. The fourth-order valence-electron chi connectivity index (χ4n) is 1.70. The number of carbonyl (C=O) groups excluding carboxylic acids is 1. The van der Waals surface area contributed by atoms with Gasteiger partial charge in [0.1, 0.15) is 0 Å². The van der Waals surface area contributed by atoms with Crippen LogP contribution in [0.4, 0.5) is 5.69 Å². The van der Waals surface area contributed by atoms with Crippen molar-refractivity contribution in [1.82, 2.24) is 9.78 Å². The van der Waals surface area contributed by atoms with E-state index >= 15 is 0 Å². The van der Waals surface area contributed by atoms with E-state index in [9.17, 15) is 9.59 Å². The third kappa shape index (κ3) is 5.31. The zero-order valence-corrected chi connectivity index (χ0v) is 12.0. The van der Waals surface area contributed by atoms with Gasteiger partial charge in [0.15, 0.2) is 0 Å². The Hall–Kier alpha value is -2.28. The van der Waals surface area contributed by atoms with Crippen molar-refractivity contribution in [3.05, 3.63) is 48.3 Å². The summed E-state index contributed by atoms with van der Waals surface area (Å²) in [5.74, 6) is -1.07. The zero-order chi connectivity index (χ0) is 15.1. The summed E-state index contributed by atoms with van der Waals surface area (Å²) in [6.07, 6.45) is 3.61. The minimum Gasteiger partial charge on any atom is -0.481 e. The van der Waals surface area contributed by atoms with Gasteiger partial charge in [-0.3, -0.25) is 14.3 Å². The van der Waals surface area contributed by atoms with E-state index in [2.05, 4.69) is 10.4 Å². The Morgan fingerprint density at radius 3 is 2.62 bits per heavy atom. The number of carboxylic acid groups (broad SMARTS) is 1. The van der Waals surface area contributed by atoms with Gasteiger partial charge in [0.2, 0.25) is 5.91 Å². The van der Waals surface area contributed by atoms with Crippen LogP contribution in [0.15, 0.2) is 42.7 Å². The van der Waals surface area contributed by atoms with Gasteiger partial charge in [0.05, 0.1) is 18.1 Å². The van der Waals surface area contributed by atoms with Crippen LogP contribution in [0, 0.1) is 0 Å². The van der Waals surface area contributed by atoms with E-state index in [4.69, 9.17) is 5.11 Å². The molecule has 0 bridgehead atoms. The number of nitrogens with zero attached hydrogens (tertiary/aromatic N) is 2. The largest absolute Gasteiger partial charge is 0.481 e. The Morgan fingerprint density at radius 2 is 2.00 bits per heavy atom. The summed E-state index contributed by atoms with van der Waals surface area (Å²) < 4.78 is 1.82. The third-order valence-corrected chi connectivity index (χ3v) is 3.52. The molecule has 2 N–H and O–H groups in total. The molecule has 0 aliphatic heterocycles. The number of nitrogens with one attached hydrogen (secondary N) is 1. The molecule has 2 rings (SSSR count). The Balaban J connectivity index is 1.81. The first-order valence-electron chi connectivity index (χ1n) is 6.29. The number of benzene rings is 1. The highest BCUT2D eigenvalue weighted by Crippen LogP contribution is 2.11. The summed E-state index contributed by atoms with van der Waals surface area (Å²) in [5.41, 5.74) is 1.78. The van der Waals surface area contributed by atoms with Crippen molar-refractivity contribution >= 4 is 29.3 Å². The van der Waals surface area contributed by atoms with E-state index in [1.54, 1.807) is 6.20 Å². The molecule has 1 amide bonds. The highest BCUT2D eigenvalue weighted by Gasteiger charge is 2.05. The number of aromatic nitrogens is 2. The Kier molecular flexibility index (Phi) is 5.39. The first-order valence-corrected chi connectivity index (χ1v) is 7.45. The summed E-state index contributed by atoms with van der Waals surface area (Å²) in [5, 5.41) is 15.3. The van der Waals surface area contributed by atoms with Crippen molar-refractivity contribution in [3.63, 3.8) is 0 Å². The molecule has 1 aromatic carbocycles. The molecule has 0 unspecified atom stereocenters. The molecule has 2 aromatic rings. The van der Waals surface area contributed by atoms with E-state index in [0.29, 0.717) is 12.2 Å². The van der Waals surface area contributed by atoms with Crippen molar-refractivity contribution in [2.45, 2.75) is 6.54 Å². The average Bonchev–Trinajstić information content (AvgIpc) is 2.93. The Morgan fingerprint density at radius 1 is 1.24 bits per heavy atom. The summed E-state index contributed by atoms with van der Waals surface area (Å²) in [6.45, 7) is 0.676. The molecule has 110 valence electrons. The maximum Gasteiger partial charge on any atom is 0.313 e. The monoisotopic (exact) mass is 305 g/mol. The van der Waals surface area contributed by atoms with Gasteiger partial charge in [-0.25, -0.2) is 0 Å². The second kappa shape index (κ2) is 7.49. The highest BCUT2D eigenvalue weighted by atomic mass is 32.2. The molecule has 0 atom stereocenters. The topological polar surface area (TPSA) is 84.2 Å². The number of amides is 1. The van der Waals surface area contributed by atoms with E-state index in [0.717, 1.165) is 17.3 Å². The maximum absolute atomic E-state index is 11.6. The van der Waals surface area contributed by atoms with Crippen molar-refractivity contribution in [1.29, 1.82) is 0 Å². The number of hydrogen-bond acceptors (Lipinski definition) is 4. The minimum absolute atomic E-state index is 0.0732. The van der Waals surface area contributed by atoms with E-state index in [1.807, 2.05) is 41.2 Å². The quantitative estimate of drug-likeness (QED) is 0.813. The average molecular weight is 305 g/mol. The third-order valence-electron chi connectivity index (χ3n) is 2.60. The molecule has 0 saturated heterocycles. The molecule has 0 aliphatic carbocycles. The van der Waals surface area contributed by atoms with Gasteiger partial charge in [-0.05, 0) is 23.8 Å². The SMILES string of the molecule is O=C(O)CSCC(=O)Nc1ccc(Cn2cccn2)cc1. The fraction of sp³-hybridized carbons (Fsp3) is 0.214. The van der Waals surface area contributed by atoms with Gasteiger partial charge in [0.25, 0.3) is 0 Å². The summed E-state index contributed by atoms with van der Waals surface area (Å²) in [4.78, 5) is 21.9. The Labute approximate surface area is 126 Å². The van der Waals surface area contributed by atoms with Gasteiger partial charge < -0.3 is 10.4 Å². The molecule has 0 spiro atoms. The lowest BCUT2D eigenvalue weighted by molar-refractivity contribution is -0.133. The summed E-state index contributed by atoms with van der Waals surface area (Å²) >= 11 is 1.07. The second-order valence-electron chi connectivity index (χ2n) is 4.34. The van der Waals surface area contributed by atoms with Crippen LogP contribution in [0.2, 0.25) is 0 Å². The lowest BCUT2D eigenvalue weighted by Crippen LogP contribution is -2.15. The molecular weight excluding hydrogens is 290 g/mol. The first-order chi connectivity index (χ1) is 10.1. The number of thioether (sulfide) groups is 1. The highest BCUT2D eigenvalue weighted by molar-refractivity contribution is 8.00. The van der Waals surface area contributed by atoms with Crippen LogP contribution in [-0.4, -0.2) is 38.3 Å². The number of rotatable bonds is 7. The van der Waals surface area contributed by atoms with Crippen LogP contribution in [-0.2, 0) is 16.1 Å². The molecule has 0 saturated carbocycles. The predicted octanol–water partition coefficient (Wildman–Crippen LogP) is 1.69. The molecule has 0 fully saturated rings. The van der Waals surface area contributed by atoms with E-state index in [-0.39, 0.29) is 17.4 Å². The lowest BCUT2D eigenvalue weighted by Gasteiger charge is -2.06. The van der Waals surface area contributed by atoms with Crippen molar-refractivity contribution in [3.8, 4) is 0 Å². The van der Waals surface area contributed by atoms with Crippen LogP contribution in [0.5, 0.6) is 0 Å². The first kappa shape index (κ1) is 15.1. The van der Waals surface area contributed by atoms with Crippen molar-refractivity contribution in [2.24, 2.45) is 0 Å². The van der Waals surface area contributed by atoms with Crippen LogP contribution >= 0.6 is 11.8 Å². The Bertz CT molecular complexity index is 596. The number of aliphatic carboxylic acids is 1. The second-order valence-corrected chi connectivity index (χ2v) is 5.32. The van der Waals surface area contributed by atoms with Crippen molar-refractivity contribution < 1.29 is 14.7 Å². The molecule has 0 aliphatic rings. The fourth-order valence-corrected chi connectivity index (χ4v) is 2.24. The molecule has 21 heavy (non-hydrogen) atoms. The summed E-state index contributed by atoms with van der Waals surface area (Å²) in [6, 6.07) is 9.34. The molecule has 0 radical (unpaired) electrons. The van der Waals surface area contributed by atoms with E-state index < -0.39 is 5.97 Å². The van der Waals surface area contributed by atoms with Gasteiger partial charge in [-0.2, -0.15) is 5.10 Å². The number of carboxylic acids is 1. The zero-order valence-electron chi connectivity index (χ0n) is 11.2. The van der Waals surface area contributed by atoms with Gasteiger partial charge in [0, 0.05) is 18.1 Å². The lowest BCUT2D eigenvalue weighted by atomic mass is 10.2. The minimum atomic E-state index is -0.921. The van der Waals surface area contributed by atoms with E-state index in [1.165, 1.54) is 0 Å². The molecule has 6 nitrogen and oxygen atoms in total. The number of carbonyl (C=O) groups is 2. The van der Waals surface area contributed by atoms with Crippen LogP contribution in [0.25, 0.3) is 0 Å². The van der Waals surface area contributed by atoms with Crippen LogP contribution in [0.1, 0.15) is 5.56 Å².